The van der Waals surface area contributed by atoms with Gasteiger partial charge >= 0.3 is 0 Å². The van der Waals surface area contributed by atoms with Crippen molar-refractivity contribution in [3.63, 3.8) is 0 Å². The van der Waals surface area contributed by atoms with E-state index in [0.29, 0.717) is 11.4 Å². The van der Waals surface area contributed by atoms with E-state index in [1.807, 2.05) is 24.3 Å². The van der Waals surface area contributed by atoms with Gasteiger partial charge in [-0.15, -0.1) is 23.5 Å². The fraction of sp³-hybridized carbons (Fsp3) is 0.125. The number of rotatable bonds is 7. The van der Waals surface area contributed by atoms with Crippen molar-refractivity contribution >= 4 is 58.3 Å². The Balaban J connectivity index is 1.21. The van der Waals surface area contributed by atoms with E-state index in [2.05, 4.69) is 0 Å². The summed E-state index contributed by atoms with van der Waals surface area (Å²) in [5.74, 6) is -0.968. The number of hydrogen-bond acceptors (Lipinski definition) is 8. The van der Waals surface area contributed by atoms with Gasteiger partial charge in [-0.3, -0.25) is 29.0 Å². The standard InChI is InChI=1S/C32H24N2O6S2/c35-25-7-3-1-5-23(25)29(39)31-33(27(37)17-41-31)21-13-9-19(10-14-21)20-11-15-22(16-12-20)34-28(38)18-42-32(34)30(40)24-6-2-4-8-26(24)36/h1-16,31-32,35-36H,17-18H2. The number of carbonyl (C=O) groups excluding carboxylic acids is 4. The summed E-state index contributed by atoms with van der Waals surface area (Å²) in [5, 5.41) is 18.7. The smallest absolute Gasteiger partial charge is 0.238 e. The summed E-state index contributed by atoms with van der Waals surface area (Å²) in [7, 11) is 0. The molecule has 0 radical (unpaired) electrons. The molecule has 0 bridgehead atoms. The molecule has 2 aliphatic rings. The van der Waals surface area contributed by atoms with Gasteiger partial charge in [-0.25, -0.2) is 0 Å². The van der Waals surface area contributed by atoms with Crippen LogP contribution >= 0.6 is 23.5 Å². The predicted octanol–water partition coefficient (Wildman–Crippen LogP) is 5.34. The Bertz CT molecular complexity index is 1580. The highest BCUT2D eigenvalue weighted by Crippen LogP contribution is 2.37. The fourth-order valence-corrected chi connectivity index (χ4v) is 7.27. The second kappa shape index (κ2) is 11.4. The molecule has 0 aliphatic carbocycles. The summed E-state index contributed by atoms with van der Waals surface area (Å²) < 4.78 is 0. The number of hydrogen-bond donors (Lipinski definition) is 2. The number of thioether (sulfide) groups is 2. The highest BCUT2D eigenvalue weighted by atomic mass is 32.2. The van der Waals surface area contributed by atoms with E-state index < -0.39 is 10.7 Å². The van der Waals surface area contributed by atoms with Crippen molar-refractivity contribution in [2.45, 2.75) is 10.7 Å². The molecular weight excluding hydrogens is 572 g/mol. The quantitative estimate of drug-likeness (QED) is 0.275. The number of phenols is 2. The van der Waals surface area contributed by atoms with Gasteiger partial charge in [-0.1, -0.05) is 48.5 Å². The molecule has 0 saturated carbocycles. The van der Waals surface area contributed by atoms with Gasteiger partial charge < -0.3 is 10.2 Å². The van der Waals surface area contributed by atoms with Crippen LogP contribution in [0, 0.1) is 0 Å². The minimum atomic E-state index is -0.778. The second-order valence-electron chi connectivity index (χ2n) is 9.71. The molecule has 210 valence electrons. The van der Waals surface area contributed by atoms with Gasteiger partial charge in [-0.05, 0) is 59.7 Å². The molecule has 2 amide bonds. The lowest BCUT2D eigenvalue weighted by Crippen LogP contribution is -2.38. The molecule has 4 aromatic rings. The summed E-state index contributed by atoms with van der Waals surface area (Å²) in [4.78, 5) is 54.8. The third kappa shape index (κ3) is 5.03. The average molecular weight is 597 g/mol. The molecule has 2 heterocycles. The Hall–Kier alpha value is -4.54. The number of nitrogens with zero attached hydrogens (tertiary/aromatic N) is 2. The Kier molecular flexibility index (Phi) is 7.49. The minimum Gasteiger partial charge on any atom is -0.507 e. The Morgan fingerprint density at radius 3 is 1.29 bits per heavy atom. The minimum absolute atomic E-state index is 0.121. The first kappa shape index (κ1) is 27.6. The zero-order valence-electron chi connectivity index (χ0n) is 22.0. The second-order valence-corrected chi connectivity index (χ2v) is 11.8. The van der Waals surface area contributed by atoms with Crippen molar-refractivity contribution in [3.05, 3.63) is 108 Å². The average Bonchev–Trinajstić information content (AvgIpc) is 3.59. The fourth-order valence-electron chi connectivity index (χ4n) is 5.05. The first-order valence-electron chi connectivity index (χ1n) is 13.1. The van der Waals surface area contributed by atoms with E-state index in [1.165, 1.54) is 45.5 Å². The first-order valence-corrected chi connectivity index (χ1v) is 15.2. The highest BCUT2D eigenvalue weighted by Gasteiger charge is 2.40. The van der Waals surface area contributed by atoms with Gasteiger partial charge in [-0.2, -0.15) is 0 Å². The van der Waals surface area contributed by atoms with Gasteiger partial charge in [0.2, 0.25) is 11.8 Å². The molecule has 6 rings (SSSR count). The maximum Gasteiger partial charge on any atom is 0.238 e. The van der Waals surface area contributed by atoms with Crippen LogP contribution in [0.5, 0.6) is 11.5 Å². The number of phenolic OH excluding ortho intramolecular Hbond substituents is 2. The van der Waals surface area contributed by atoms with Gasteiger partial charge in [0.25, 0.3) is 0 Å². The van der Waals surface area contributed by atoms with Crippen LogP contribution in [0.4, 0.5) is 11.4 Å². The van der Waals surface area contributed by atoms with Crippen molar-refractivity contribution in [3.8, 4) is 22.6 Å². The van der Waals surface area contributed by atoms with Crippen LogP contribution in [0.3, 0.4) is 0 Å². The number of anilines is 2. The van der Waals surface area contributed by atoms with E-state index in [0.717, 1.165) is 11.1 Å². The summed E-state index contributed by atoms with van der Waals surface area (Å²) in [6.07, 6.45) is 0. The van der Waals surface area contributed by atoms with E-state index in [-0.39, 0.29) is 57.5 Å². The maximum atomic E-state index is 13.2. The van der Waals surface area contributed by atoms with Crippen LogP contribution in [0.1, 0.15) is 20.7 Å². The molecule has 2 aliphatic heterocycles. The number of benzene rings is 4. The highest BCUT2D eigenvalue weighted by molar-refractivity contribution is 8.02. The molecule has 2 atom stereocenters. The number of ketones is 2. The number of aromatic hydroxyl groups is 2. The van der Waals surface area contributed by atoms with Crippen LogP contribution in [0.25, 0.3) is 11.1 Å². The van der Waals surface area contributed by atoms with Crippen LogP contribution in [0.15, 0.2) is 97.1 Å². The predicted molar refractivity (Wildman–Crippen MR) is 164 cm³/mol. The van der Waals surface area contributed by atoms with Crippen molar-refractivity contribution in [2.75, 3.05) is 21.3 Å². The van der Waals surface area contributed by atoms with E-state index in [9.17, 15) is 29.4 Å². The summed E-state index contributed by atoms with van der Waals surface area (Å²) in [6.45, 7) is 0. The monoisotopic (exact) mass is 596 g/mol. The Morgan fingerprint density at radius 1 is 0.571 bits per heavy atom. The number of Topliss-reactive ketones (excluding diaryl/α,β-unsaturated/α-hetero) is 2. The lowest BCUT2D eigenvalue weighted by Gasteiger charge is -2.24. The Labute approximate surface area is 250 Å². The molecule has 10 heteroatoms. The first-order chi connectivity index (χ1) is 20.3. The molecule has 2 unspecified atom stereocenters. The summed E-state index contributed by atoms with van der Waals surface area (Å²) >= 11 is 2.45. The van der Waals surface area contributed by atoms with Crippen LogP contribution < -0.4 is 9.80 Å². The zero-order chi connectivity index (χ0) is 29.4. The van der Waals surface area contributed by atoms with Gasteiger partial charge in [0.1, 0.15) is 22.2 Å². The molecular formula is C32H24N2O6S2. The van der Waals surface area contributed by atoms with Gasteiger partial charge in [0.05, 0.1) is 22.6 Å². The molecule has 0 aromatic heterocycles. The van der Waals surface area contributed by atoms with Crippen molar-refractivity contribution in [1.29, 1.82) is 0 Å². The molecule has 0 spiro atoms. The SMILES string of the molecule is O=C(c1ccccc1O)C1SCC(=O)N1c1ccc(-c2ccc(N3C(=O)CSC3C(=O)c3ccccc3O)cc2)cc1. The molecule has 4 aromatic carbocycles. The molecule has 2 N–H and O–H groups in total. The third-order valence-corrected chi connectivity index (χ3v) is 9.46. The van der Waals surface area contributed by atoms with E-state index in [1.54, 1.807) is 60.7 Å². The largest absolute Gasteiger partial charge is 0.507 e. The molecule has 8 nitrogen and oxygen atoms in total. The van der Waals surface area contributed by atoms with Crippen LogP contribution in [-0.4, -0.2) is 55.8 Å². The maximum absolute atomic E-state index is 13.2. The number of carbonyl (C=O) groups is 4. The van der Waals surface area contributed by atoms with Gasteiger partial charge in [0.15, 0.2) is 11.6 Å². The Morgan fingerprint density at radius 2 is 0.929 bits per heavy atom. The van der Waals surface area contributed by atoms with Crippen molar-refractivity contribution in [2.24, 2.45) is 0 Å². The normalized spacial score (nSPS) is 18.5. The van der Waals surface area contributed by atoms with Crippen molar-refractivity contribution < 1.29 is 29.4 Å². The van der Waals surface area contributed by atoms with E-state index >= 15 is 0 Å². The lowest BCUT2D eigenvalue weighted by molar-refractivity contribution is -0.116. The number of para-hydroxylation sites is 2. The van der Waals surface area contributed by atoms with Crippen LogP contribution in [-0.2, 0) is 9.59 Å². The molecule has 2 saturated heterocycles. The number of amides is 2. The molecule has 42 heavy (non-hydrogen) atoms. The zero-order valence-corrected chi connectivity index (χ0v) is 23.7. The summed E-state index contributed by atoms with van der Waals surface area (Å²) in [5.41, 5.74) is 3.21. The summed E-state index contributed by atoms with van der Waals surface area (Å²) in [6, 6.07) is 27.1. The molecule has 2 fully saturated rings. The topological polar surface area (TPSA) is 115 Å². The third-order valence-electron chi connectivity index (χ3n) is 7.15. The van der Waals surface area contributed by atoms with Crippen molar-refractivity contribution in [1.82, 2.24) is 0 Å². The van der Waals surface area contributed by atoms with Gasteiger partial charge in [0, 0.05) is 11.4 Å². The van der Waals surface area contributed by atoms with Crippen LogP contribution in [0.2, 0.25) is 0 Å². The van der Waals surface area contributed by atoms with E-state index in [4.69, 9.17) is 0 Å². The lowest BCUT2D eigenvalue weighted by atomic mass is 10.0.